The lowest BCUT2D eigenvalue weighted by molar-refractivity contribution is 0.0257. The first-order valence-corrected chi connectivity index (χ1v) is 7.74. The third-order valence-corrected chi connectivity index (χ3v) is 3.52. The molecule has 0 saturated carbocycles. The summed E-state index contributed by atoms with van der Waals surface area (Å²) >= 11 is 0. The second-order valence-corrected chi connectivity index (χ2v) is 6.29. The maximum absolute atomic E-state index is 6.12. The van der Waals surface area contributed by atoms with Gasteiger partial charge in [0.15, 0.2) is 0 Å². The van der Waals surface area contributed by atoms with Crippen LogP contribution in [0.2, 0.25) is 0 Å². The van der Waals surface area contributed by atoms with Gasteiger partial charge in [0.2, 0.25) is 0 Å². The van der Waals surface area contributed by atoms with E-state index < -0.39 is 0 Å². The van der Waals surface area contributed by atoms with Crippen molar-refractivity contribution in [2.24, 2.45) is 5.92 Å². The molecule has 1 saturated heterocycles. The Kier molecular flexibility index (Phi) is 7.66. The van der Waals surface area contributed by atoms with Gasteiger partial charge in [-0.05, 0) is 38.8 Å². The molecule has 0 radical (unpaired) electrons. The van der Waals surface area contributed by atoms with E-state index in [4.69, 9.17) is 4.74 Å². The lowest BCUT2D eigenvalue weighted by Crippen LogP contribution is -2.35. The summed E-state index contributed by atoms with van der Waals surface area (Å²) in [5.41, 5.74) is 1.23. The van der Waals surface area contributed by atoms with E-state index in [9.17, 15) is 0 Å². The molecule has 1 aliphatic heterocycles. The van der Waals surface area contributed by atoms with Crippen LogP contribution in [-0.4, -0.2) is 49.8 Å². The summed E-state index contributed by atoms with van der Waals surface area (Å²) in [6.45, 7) is 18.0. The number of nitrogens with zero attached hydrogens (tertiary/aromatic N) is 1. The van der Waals surface area contributed by atoms with Crippen LogP contribution in [0.5, 0.6) is 0 Å². The SMILES string of the molecule is C=C(C)CN(CC)CC1CCC(CNCC(C)C)O1. The summed E-state index contributed by atoms with van der Waals surface area (Å²) in [7, 11) is 0. The minimum absolute atomic E-state index is 0.408. The van der Waals surface area contributed by atoms with E-state index in [1.807, 2.05) is 0 Å². The van der Waals surface area contributed by atoms with Crippen molar-refractivity contribution >= 4 is 0 Å². The van der Waals surface area contributed by atoms with Crippen LogP contribution in [0.1, 0.15) is 40.5 Å². The molecule has 1 fully saturated rings. The highest BCUT2D eigenvalue weighted by molar-refractivity contribution is 4.92. The molecule has 1 N–H and O–H groups in total. The molecule has 0 aromatic heterocycles. The molecular weight excluding hydrogens is 236 g/mol. The fourth-order valence-electron chi connectivity index (χ4n) is 2.57. The van der Waals surface area contributed by atoms with E-state index >= 15 is 0 Å². The van der Waals surface area contributed by atoms with Crippen molar-refractivity contribution in [3.63, 3.8) is 0 Å². The van der Waals surface area contributed by atoms with Crippen LogP contribution in [0.25, 0.3) is 0 Å². The number of hydrogen-bond donors (Lipinski definition) is 1. The van der Waals surface area contributed by atoms with E-state index in [0.29, 0.717) is 18.1 Å². The predicted octanol–water partition coefficient (Wildman–Crippen LogP) is 2.68. The molecule has 1 heterocycles. The molecule has 0 bridgehead atoms. The van der Waals surface area contributed by atoms with Gasteiger partial charge in [-0.3, -0.25) is 4.90 Å². The first-order chi connectivity index (χ1) is 9.01. The molecule has 3 heteroatoms. The number of rotatable bonds is 9. The monoisotopic (exact) mass is 268 g/mol. The number of nitrogens with one attached hydrogen (secondary N) is 1. The van der Waals surface area contributed by atoms with E-state index in [1.165, 1.54) is 18.4 Å². The minimum Gasteiger partial charge on any atom is -0.372 e. The van der Waals surface area contributed by atoms with Gasteiger partial charge in [0.05, 0.1) is 12.2 Å². The van der Waals surface area contributed by atoms with Gasteiger partial charge in [-0.1, -0.05) is 32.9 Å². The van der Waals surface area contributed by atoms with E-state index in [0.717, 1.165) is 32.7 Å². The van der Waals surface area contributed by atoms with Crippen molar-refractivity contribution in [2.75, 3.05) is 32.7 Å². The maximum atomic E-state index is 6.12. The molecule has 1 rings (SSSR count). The fourth-order valence-corrected chi connectivity index (χ4v) is 2.57. The molecule has 0 aromatic rings. The maximum Gasteiger partial charge on any atom is 0.0707 e. The minimum atomic E-state index is 0.408. The molecule has 0 aliphatic carbocycles. The smallest absolute Gasteiger partial charge is 0.0707 e. The molecular formula is C16H32N2O. The predicted molar refractivity (Wildman–Crippen MR) is 82.5 cm³/mol. The van der Waals surface area contributed by atoms with Crippen LogP contribution < -0.4 is 5.32 Å². The summed E-state index contributed by atoms with van der Waals surface area (Å²) in [5.74, 6) is 0.711. The van der Waals surface area contributed by atoms with Crippen molar-refractivity contribution in [2.45, 2.75) is 52.7 Å². The standard InChI is InChI=1S/C16H32N2O/c1-6-18(11-14(4)5)12-16-8-7-15(19-16)10-17-9-13(2)3/h13,15-17H,4,6-12H2,1-3,5H3. The van der Waals surface area contributed by atoms with Gasteiger partial charge in [0.25, 0.3) is 0 Å². The second kappa shape index (κ2) is 8.72. The zero-order chi connectivity index (χ0) is 14.3. The van der Waals surface area contributed by atoms with Crippen LogP contribution in [0, 0.1) is 5.92 Å². The van der Waals surface area contributed by atoms with Gasteiger partial charge in [-0.25, -0.2) is 0 Å². The average molecular weight is 268 g/mol. The van der Waals surface area contributed by atoms with Crippen LogP contribution in [-0.2, 0) is 4.74 Å². The Hall–Kier alpha value is -0.380. The van der Waals surface area contributed by atoms with Crippen molar-refractivity contribution in [3.05, 3.63) is 12.2 Å². The number of ether oxygens (including phenoxy) is 1. The normalized spacial score (nSPS) is 23.5. The summed E-state index contributed by atoms with van der Waals surface area (Å²) < 4.78 is 6.12. The van der Waals surface area contributed by atoms with Gasteiger partial charge >= 0.3 is 0 Å². The first-order valence-electron chi connectivity index (χ1n) is 7.74. The Labute approximate surface area is 119 Å². The summed E-state index contributed by atoms with van der Waals surface area (Å²) in [6, 6.07) is 0. The third-order valence-electron chi connectivity index (χ3n) is 3.52. The van der Waals surface area contributed by atoms with Gasteiger partial charge in [-0.2, -0.15) is 0 Å². The van der Waals surface area contributed by atoms with Crippen molar-refractivity contribution in [3.8, 4) is 0 Å². The highest BCUT2D eigenvalue weighted by atomic mass is 16.5. The van der Waals surface area contributed by atoms with E-state index in [-0.39, 0.29) is 0 Å². The summed E-state index contributed by atoms with van der Waals surface area (Å²) in [6.07, 6.45) is 3.21. The zero-order valence-corrected chi connectivity index (χ0v) is 13.2. The van der Waals surface area contributed by atoms with Crippen LogP contribution in [0.15, 0.2) is 12.2 Å². The Balaban J connectivity index is 2.21. The fraction of sp³-hybridized carbons (Fsp3) is 0.875. The number of likely N-dealkylation sites (N-methyl/N-ethyl adjacent to an activating group) is 1. The van der Waals surface area contributed by atoms with Gasteiger partial charge in [-0.15, -0.1) is 0 Å². The largest absolute Gasteiger partial charge is 0.372 e. The van der Waals surface area contributed by atoms with Gasteiger partial charge in [0.1, 0.15) is 0 Å². The zero-order valence-electron chi connectivity index (χ0n) is 13.2. The highest BCUT2D eigenvalue weighted by Crippen LogP contribution is 2.20. The van der Waals surface area contributed by atoms with Gasteiger partial charge < -0.3 is 10.1 Å². The lowest BCUT2D eigenvalue weighted by Gasteiger charge is -2.24. The Morgan fingerprint density at radius 3 is 2.63 bits per heavy atom. The Morgan fingerprint density at radius 1 is 1.37 bits per heavy atom. The molecule has 19 heavy (non-hydrogen) atoms. The Morgan fingerprint density at radius 2 is 2.05 bits per heavy atom. The van der Waals surface area contributed by atoms with E-state index in [1.54, 1.807) is 0 Å². The Bertz CT molecular complexity index is 265. The van der Waals surface area contributed by atoms with Crippen LogP contribution >= 0.6 is 0 Å². The lowest BCUT2D eigenvalue weighted by atomic mass is 10.1. The van der Waals surface area contributed by atoms with Crippen molar-refractivity contribution in [1.29, 1.82) is 0 Å². The summed E-state index contributed by atoms with van der Waals surface area (Å²) in [4.78, 5) is 2.43. The third kappa shape index (κ3) is 7.09. The molecule has 1 aliphatic rings. The highest BCUT2D eigenvalue weighted by Gasteiger charge is 2.26. The number of hydrogen-bond acceptors (Lipinski definition) is 3. The topological polar surface area (TPSA) is 24.5 Å². The van der Waals surface area contributed by atoms with Crippen molar-refractivity contribution in [1.82, 2.24) is 10.2 Å². The van der Waals surface area contributed by atoms with E-state index in [2.05, 4.69) is 44.5 Å². The van der Waals surface area contributed by atoms with Crippen LogP contribution in [0.3, 0.4) is 0 Å². The van der Waals surface area contributed by atoms with Crippen molar-refractivity contribution < 1.29 is 4.74 Å². The molecule has 0 aromatic carbocycles. The van der Waals surface area contributed by atoms with Crippen LogP contribution in [0.4, 0.5) is 0 Å². The summed E-state index contributed by atoms with van der Waals surface area (Å²) in [5, 5.41) is 3.49. The second-order valence-electron chi connectivity index (χ2n) is 6.29. The molecule has 0 spiro atoms. The average Bonchev–Trinajstić information content (AvgIpc) is 2.75. The van der Waals surface area contributed by atoms with Gasteiger partial charge in [0, 0.05) is 19.6 Å². The molecule has 112 valence electrons. The quantitative estimate of drug-likeness (QED) is 0.651. The first kappa shape index (κ1) is 16.7. The molecule has 3 nitrogen and oxygen atoms in total. The molecule has 2 unspecified atom stereocenters. The molecule has 2 atom stereocenters. The molecule has 0 amide bonds.